The maximum atomic E-state index is 10.0. The highest BCUT2D eigenvalue weighted by molar-refractivity contribution is 6.02. The van der Waals surface area contributed by atoms with E-state index in [1.807, 2.05) is 30.3 Å². The first-order chi connectivity index (χ1) is 8.38. The smallest absolute Gasteiger partial charge is 0.252 e. The molecule has 0 atom stereocenters. The molecular weight excluding hydrogens is 218 g/mol. The zero-order valence-corrected chi connectivity index (χ0v) is 8.70. The topological polar surface area (TPSA) is 64.4 Å². The van der Waals surface area contributed by atoms with Crippen molar-refractivity contribution in [1.82, 2.24) is 9.97 Å². The Balaban J connectivity index is 2.38. The van der Waals surface area contributed by atoms with Gasteiger partial charge in [-0.3, -0.25) is 4.98 Å². The van der Waals surface area contributed by atoms with E-state index in [9.17, 15) is 4.91 Å². The number of hydrogen-bond donors (Lipinski definition) is 0. The molecule has 3 rings (SSSR count). The van der Waals surface area contributed by atoms with Gasteiger partial charge in [-0.05, 0) is 12.1 Å². The molecule has 17 heavy (non-hydrogen) atoms. The van der Waals surface area contributed by atoms with Crippen LogP contribution >= 0.6 is 0 Å². The van der Waals surface area contributed by atoms with Crippen LogP contribution in [-0.4, -0.2) is 9.97 Å². The number of benzene rings is 1. The van der Waals surface area contributed by atoms with Crippen molar-refractivity contribution in [3.05, 3.63) is 47.5 Å². The van der Waals surface area contributed by atoms with Crippen molar-refractivity contribution in [2.45, 2.75) is 0 Å². The van der Waals surface area contributed by atoms with Crippen molar-refractivity contribution < 1.29 is 4.84 Å². The average molecular weight is 225 g/mol. The Morgan fingerprint density at radius 3 is 2.59 bits per heavy atom. The third kappa shape index (κ3) is 1.57. The van der Waals surface area contributed by atoms with Crippen LogP contribution in [0.15, 0.2) is 47.9 Å². The van der Waals surface area contributed by atoms with Gasteiger partial charge in [0.1, 0.15) is 5.52 Å². The first-order valence-corrected chi connectivity index (χ1v) is 5.03. The molecule has 0 bridgehead atoms. The summed E-state index contributed by atoms with van der Waals surface area (Å²) in [6.07, 6.45) is 1.70. The zero-order chi connectivity index (χ0) is 11.7. The number of rotatable bonds is 2. The Morgan fingerprint density at radius 2 is 1.76 bits per heavy atom. The Labute approximate surface area is 96.0 Å². The maximum absolute atomic E-state index is 10.0. The molecule has 0 unspecified atom stereocenters. The SMILES string of the molecule is O=NOc1ccc2ccc3cccnc3c2n1. The average Bonchev–Trinajstić information content (AvgIpc) is 2.39. The summed E-state index contributed by atoms with van der Waals surface area (Å²) in [5.74, 6) is 0.172. The molecule has 2 aromatic heterocycles. The Hall–Kier alpha value is -2.56. The van der Waals surface area contributed by atoms with Gasteiger partial charge in [-0.25, -0.2) is 4.98 Å². The zero-order valence-electron chi connectivity index (χ0n) is 8.70. The van der Waals surface area contributed by atoms with Gasteiger partial charge < -0.3 is 4.84 Å². The van der Waals surface area contributed by atoms with Crippen LogP contribution in [0.2, 0.25) is 0 Å². The minimum atomic E-state index is 0.172. The quantitative estimate of drug-likeness (QED) is 0.382. The largest absolute Gasteiger partial charge is 0.303 e. The minimum absolute atomic E-state index is 0.172. The summed E-state index contributed by atoms with van der Waals surface area (Å²) < 4.78 is 0. The van der Waals surface area contributed by atoms with Crippen molar-refractivity contribution in [3.63, 3.8) is 0 Å². The minimum Gasteiger partial charge on any atom is -0.303 e. The molecule has 0 N–H and O–H groups in total. The van der Waals surface area contributed by atoms with E-state index in [0.717, 1.165) is 16.3 Å². The lowest BCUT2D eigenvalue weighted by Gasteiger charge is -2.02. The van der Waals surface area contributed by atoms with Crippen LogP contribution in [0.4, 0.5) is 0 Å². The highest BCUT2D eigenvalue weighted by atomic mass is 16.7. The van der Waals surface area contributed by atoms with Gasteiger partial charge in [-0.15, -0.1) is 4.91 Å². The molecule has 5 nitrogen and oxygen atoms in total. The number of aromatic nitrogens is 2. The van der Waals surface area contributed by atoms with Crippen molar-refractivity contribution in [2.24, 2.45) is 5.34 Å². The fourth-order valence-electron chi connectivity index (χ4n) is 1.79. The van der Waals surface area contributed by atoms with E-state index in [1.54, 1.807) is 12.3 Å². The molecule has 0 spiro atoms. The predicted octanol–water partition coefficient (Wildman–Crippen LogP) is 2.84. The first kappa shape index (κ1) is 9.65. The van der Waals surface area contributed by atoms with Crippen LogP contribution in [0, 0.1) is 4.91 Å². The summed E-state index contributed by atoms with van der Waals surface area (Å²) in [6, 6.07) is 11.2. The second-order valence-corrected chi connectivity index (χ2v) is 3.53. The van der Waals surface area contributed by atoms with E-state index in [-0.39, 0.29) is 5.88 Å². The van der Waals surface area contributed by atoms with Crippen molar-refractivity contribution in [1.29, 1.82) is 0 Å². The molecule has 0 aliphatic carbocycles. The second-order valence-electron chi connectivity index (χ2n) is 3.53. The van der Waals surface area contributed by atoms with E-state index < -0.39 is 0 Å². The maximum Gasteiger partial charge on any atom is 0.252 e. The number of fused-ring (bicyclic) bond motifs is 3. The first-order valence-electron chi connectivity index (χ1n) is 5.03. The summed E-state index contributed by atoms with van der Waals surface area (Å²) in [4.78, 5) is 23.0. The van der Waals surface area contributed by atoms with Gasteiger partial charge in [0.05, 0.1) is 5.52 Å². The van der Waals surface area contributed by atoms with E-state index in [2.05, 4.69) is 20.1 Å². The normalized spacial score (nSPS) is 10.6. The van der Waals surface area contributed by atoms with Crippen LogP contribution in [0.25, 0.3) is 21.8 Å². The van der Waals surface area contributed by atoms with Crippen molar-refractivity contribution >= 4 is 21.8 Å². The van der Waals surface area contributed by atoms with E-state index in [1.165, 1.54) is 0 Å². The molecule has 0 aliphatic heterocycles. The fraction of sp³-hybridized carbons (Fsp3) is 0. The molecule has 3 aromatic rings. The highest BCUT2D eigenvalue weighted by Crippen LogP contribution is 2.23. The fourth-order valence-corrected chi connectivity index (χ4v) is 1.79. The number of hydrogen-bond acceptors (Lipinski definition) is 5. The Bertz CT molecular complexity index is 712. The van der Waals surface area contributed by atoms with E-state index in [0.29, 0.717) is 5.52 Å². The van der Waals surface area contributed by atoms with Gasteiger partial charge in [-0.1, -0.05) is 18.2 Å². The van der Waals surface area contributed by atoms with Gasteiger partial charge in [0.25, 0.3) is 5.88 Å². The molecule has 0 saturated heterocycles. The summed E-state index contributed by atoms with van der Waals surface area (Å²) in [5.41, 5.74) is 1.48. The second kappa shape index (κ2) is 3.79. The van der Waals surface area contributed by atoms with Gasteiger partial charge in [-0.2, -0.15) is 0 Å². The highest BCUT2D eigenvalue weighted by Gasteiger charge is 2.05. The molecule has 0 aliphatic rings. The molecule has 5 heteroatoms. The summed E-state index contributed by atoms with van der Waals surface area (Å²) in [6.45, 7) is 0. The molecule has 0 radical (unpaired) electrons. The van der Waals surface area contributed by atoms with Crippen LogP contribution < -0.4 is 4.84 Å². The van der Waals surface area contributed by atoms with Gasteiger partial charge in [0.2, 0.25) is 0 Å². The van der Waals surface area contributed by atoms with Gasteiger partial charge >= 0.3 is 0 Å². The molecular formula is C12H7N3O2. The predicted molar refractivity (Wildman–Crippen MR) is 63.5 cm³/mol. The molecule has 0 saturated carbocycles. The lowest BCUT2D eigenvalue weighted by Crippen LogP contribution is -1.88. The third-order valence-electron chi connectivity index (χ3n) is 2.54. The summed E-state index contributed by atoms with van der Waals surface area (Å²) >= 11 is 0. The molecule has 1 aromatic carbocycles. The van der Waals surface area contributed by atoms with Crippen LogP contribution in [0.3, 0.4) is 0 Å². The van der Waals surface area contributed by atoms with Crippen molar-refractivity contribution in [2.75, 3.05) is 0 Å². The monoisotopic (exact) mass is 225 g/mol. The van der Waals surface area contributed by atoms with Crippen molar-refractivity contribution in [3.8, 4) is 5.88 Å². The summed E-state index contributed by atoms with van der Waals surface area (Å²) in [5, 5.41) is 4.29. The number of pyridine rings is 2. The standard InChI is InChI=1S/C12H7N3O2/c16-15-17-10-6-5-9-4-3-8-2-1-7-13-11(8)12(9)14-10/h1-7H. The van der Waals surface area contributed by atoms with Crippen LogP contribution in [0.5, 0.6) is 5.88 Å². The van der Waals surface area contributed by atoms with Gasteiger partial charge in [0.15, 0.2) is 5.34 Å². The van der Waals surface area contributed by atoms with Crippen LogP contribution in [-0.2, 0) is 0 Å². The van der Waals surface area contributed by atoms with Gasteiger partial charge in [0, 0.05) is 23.0 Å². The lowest BCUT2D eigenvalue weighted by atomic mass is 10.1. The Kier molecular flexibility index (Phi) is 2.15. The molecule has 0 amide bonds. The molecule has 82 valence electrons. The molecule has 2 heterocycles. The number of nitrogens with zero attached hydrogens (tertiary/aromatic N) is 3. The third-order valence-corrected chi connectivity index (χ3v) is 2.54. The molecule has 0 fully saturated rings. The lowest BCUT2D eigenvalue weighted by molar-refractivity contribution is 0.322. The summed E-state index contributed by atoms with van der Waals surface area (Å²) in [7, 11) is 0. The van der Waals surface area contributed by atoms with E-state index in [4.69, 9.17) is 0 Å². The van der Waals surface area contributed by atoms with E-state index >= 15 is 0 Å². The van der Waals surface area contributed by atoms with Crippen LogP contribution in [0.1, 0.15) is 0 Å². The Morgan fingerprint density at radius 1 is 1.00 bits per heavy atom.